The quantitative estimate of drug-likeness (QED) is 0.290. The fraction of sp³-hybridized carbons (Fsp3) is 0.130. The smallest absolute Gasteiger partial charge is 0.270 e. The molecule has 170 valence electrons. The lowest BCUT2D eigenvalue weighted by molar-refractivity contribution is -0.384. The number of non-ortho nitro benzene ring substituents is 1. The third-order valence-electron chi connectivity index (χ3n) is 4.53. The summed E-state index contributed by atoms with van der Waals surface area (Å²) >= 11 is 0. The highest BCUT2D eigenvalue weighted by molar-refractivity contribution is 6.05. The summed E-state index contributed by atoms with van der Waals surface area (Å²) in [5, 5.41) is 16.3. The van der Waals surface area contributed by atoms with E-state index < -0.39 is 16.7 Å². The number of nitro benzene ring substituents is 1. The van der Waals surface area contributed by atoms with Crippen LogP contribution in [-0.2, 0) is 11.3 Å². The summed E-state index contributed by atoms with van der Waals surface area (Å²) in [5.41, 5.74) is 0.323. The highest BCUT2D eigenvalue weighted by atomic mass is 16.6. The molecule has 0 atom stereocenters. The van der Waals surface area contributed by atoms with Crippen molar-refractivity contribution in [3.63, 3.8) is 0 Å². The van der Waals surface area contributed by atoms with Gasteiger partial charge in [0.1, 0.15) is 11.5 Å². The van der Waals surface area contributed by atoms with Crippen molar-refractivity contribution in [2.24, 2.45) is 0 Å². The zero-order valence-corrected chi connectivity index (χ0v) is 17.9. The standard InChI is InChI=1S/C23H21N3O7/c1-31-20-9-8-16(13-21(20)32-2)22(27)25-19(23(28)24-14-18-7-4-10-33-18)12-15-5-3-6-17(11-15)26(29)30/h3-13H,14H2,1-2H3,(H,24,28)(H,25,27). The van der Waals surface area contributed by atoms with Crippen LogP contribution in [0, 0.1) is 10.1 Å². The van der Waals surface area contributed by atoms with Gasteiger partial charge < -0.3 is 24.5 Å². The molecule has 10 nitrogen and oxygen atoms in total. The van der Waals surface area contributed by atoms with Gasteiger partial charge in [-0.05, 0) is 42.0 Å². The van der Waals surface area contributed by atoms with E-state index in [0.717, 1.165) is 0 Å². The van der Waals surface area contributed by atoms with Crippen molar-refractivity contribution in [3.05, 3.63) is 93.6 Å². The van der Waals surface area contributed by atoms with Crippen LogP contribution in [0.5, 0.6) is 11.5 Å². The predicted molar refractivity (Wildman–Crippen MR) is 119 cm³/mol. The average Bonchev–Trinajstić information content (AvgIpc) is 3.35. The molecule has 2 aromatic carbocycles. The van der Waals surface area contributed by atoms with Gasteiger partial charge in [0.15, 0.2) is 11.5 Å². The molecule has 3 rings (SSSR count). The predicted octanol–water partition coefficient (Wildman–Crippen LogP) is 3.29. The summed E-state index contributed by atoms with van der Waals surface area (Å²) in [5.74, 6) is 0.117. The van der Waals surface area contributed by atoms with Gasteiger partial charge in [-0.2, -0.15) is 0 Å². The molecular weight excluding hydrogens is 430 g/mol. The molecule has 0 radical (unpaired) electrons. The molecule has 10 heteroatoms. The second kappa shape index (κ2) is 10.6. The van der Waals surface area contributed by atoms with E-state index in [9.17, 15) is 19.7 Å². The summed E-state index contributed by atoms with van der Waals surface area (Å²) in [4.78, 5) is 36.2. The average molecular weight is 451 g/mol. The second-order valence-electron chi connectivity index (χ2n) is 6.70. The van der Waals surface area contributed by atoms with Crippen LogP contribution >= 0.6 is 0 Å². The highest BCUT2D eigenvalue weighted by Gasteiger charge is 2.17. The van der Waals surface area contributed by atoms with E-state index in [2.05, 4.69) is 10.6 Å². The molecule has 0 aliphatic heterocycles. The van der Waals surface area contributed by atoms with Gasteiger partial charge >= 0.3 is 0 Å². The van der Waals surface area contributed by atoms with Crippen molar-refractivity contribution in [2.45, 2.75) is 6.54 Å². The Morgan fingerprint density at radius 1 is 1.06 bits per heavy atom. The normalized spacial score (nSPS) is 10.9. The summed E-state index contributed by atoms with van der Waals surface area (Å²) in [7, 11) is 2.91. The number of rotatable bonds is 9. The summed E-state index contributed by atoms with van der Waals surface area (Å²) in [6.45, 7) is 0.0876. The Morgan fingerprint density at radius 3 is 2.52 bits per heavy atom. The fourth-order valence-electron chi connectivity index (χ4n) is 2.90. The molecule has 0 unspecified atom stereocenters. The lowest BCUT2D eigenvalue weighted by atomic mass is 10.1. The van der Waals surface area contributed by atoms with Crippen molar-refractivity contribution in [3.8, 4) is 11.5 Å². The number of nitro groups is 1. The van der Waals surface area contributed by atoms with E-state index in [1.807, 2.05) is 0 Å². The lowest BCUT2D eigenvalue weighted by Gasteiger charge is -2.12. The molecule has 2 N–H and O–H groups in total. The van der Waals surface area contributed by atoms with Gasteiger partial charge in [0.2, 0.25) is 0 Å². The second-order valence-corrected chi connectivity index (χ2v) is 6.70. The SMILES string of the molecule is COc1ccc(C(=O)NC(=Cc2cccc([N+](=O)[O-])c2)C(=O)NCc2ccco2)cc1OC. The van der Waals surface area contributed by atoms with E-state index >= 15 is 0 Å². The highest BCUT2D eigenvalue weighted by Crippen LogP contribution is 2.27. The van der Waals surface area contributed by atoms with Crippen molar-refractivity contribution >= 4 is 23.6 Å². The molecule has 0 saturated heterocycles. The molecular formula is C23H21N3O7. The molecule has 1 aromatic heterocycles. The molecule has 0 spiro atoms. The van der Waals surface area contributed by atoms with Crippen LogP contribution < -0.4 is 20.1 Å². The number of hydrogen-bond acceptors (Lipinski definition) is 7. The minimum atomic E-state index is -0.605. The molecule has 0 fully saturated rings. The topological polar surface area (TPSA) is 133 Å². The number of furan rings is 1. The first-order valence-electron chi connectivity index (χ1n) is 9.71. The van der Waals surface area contributed by atoms with Crippen LogP contribution in [0.4, 0.5) is 5.69 Å². The maximum atomic E-state index is 12.9. The summed E-state index contributed by atoms with van der Waals surface area (Å²) in [6, 6.07) is 13.6. The number of benzene rings is 2. The van der Waals surface area contributed by atoms with Crippen LogP contribution in [-0.4, -0.2) is 31.0 Å². The van der Waals surface area contributed by atoms with E-state index in [1.54, 1.807) is 24.3 Å². The minimum Gasteiger partial charge on any atom is -0.493 e. The van der Waals surface area contributed by atoms with Crippen LogP contribution in [0.2, 0.25) is 0 Å². The van der Waals surface area contributed by atoms with Gasteiger partial charge in [0.25, 0.3) is 17.5 Å². The Morgan fingerprint density at radius 2 is 1.85 bits per heavy atom. The number of carbonyl (C=O) groups is 2. The first-order valence-corrected chi connectivity index (χ1v) is 9.71. The Kier molecular flexibility index (Phi) is 7.43. The third-order valence-corrected chi connectivity index (χ3v) is 4.53. The number of nitrogens with one attached hydrogen (secondary N) is 2. The van der Waals surface area contributed by atoms with Gasteiger partial charge in [0.05, 0.1) is 32.0 Å². The van der Waals surface area contributed by atoms with E-state index in [-0.39, 0.29) is 23.5 Å². The molecule has 33 heavy (non-hydrogen) atoms. The van der Waals surface area contributed by atoms with Crippen molar-refractivity contribution in [1.82, 2.24) is 10.6 Å². The zero-order chi connectivity index (χ0) is 23.8. The third kappa shape index (κ3) is 5.97. The number of ether oxygens (including phenoxy) is 2. The van der Waals surface area contributed by atoms with Crippen molar-refractivity contribution in [2.75, 3.05) is 14.2 Å². The maximum absolute atomic E-state index is 12.9. The van der Waals surface area contributed by atoms with Crippen LogP contribution in [0.25, 0.3) is 6.08 Å². The fourth-order valence-corrected chi connectivity index (χ4v) is 2.90. The van der Waals surface area contributed by atoms with E-state index in [0.29, 0.717) is 22.8 Å². The maximum Gasteiger partial charge on any atom is 0.270 e. The number of amides is 2. The Labute approximate surface area is 189 Å². The summed E-state index contributed by atoms with van der Waals surface area (Å²) < 4.78 is 15.6. The molecule has 2 amide bonds. The van der Waals surface area contributed by atoms with Gasteiger partial charge in [0, 0.05) is 17.7 Å². The van der Waals surface area contributed by atoms with Crippen molar-refractivity contribution in [1.29, 1.82) is 0 Å². The van der Waals surface area contributed by atoms with Gasteiger partial charge in [-0.3, -0.25) is 19.7 Å². The Hall–Kier alpha value is -4.60. The Bertz CT molecular complexity index is 1190. The first-order chi connectivity index (χ1) is 15.9. The number of hydrogen-bond donors (Lipinski definition) is 2. The van der Waals surface area contributed by atoms with E-state index in [4.69, 9.17) is 13.9 Å². The number of carbonyl (C=O) groups excluding carboxylic acids is 2. The Balaban J connectivity index is 1.89. The van der Waals surface area contributed by atoms with Crippen LogP contribution in [0.1, 0.15) is 21.7 Å². The van der Waals surface area contributed by atoms with Crippen molar-refractivity contribution < 1.29 is 28.4 Å². The molecule has 0 saturated carbocycles. The van der Waals surface area contributed by atoms with Crippen LogP contribution in [0.15, 0.2) is 71.0 Å². The zero-order valence-electron chi connectivity index (χ0n) is 17.9. The van der Waals surface area contributed by atoms with Crippen LogP contribution in [0.3, 0.4) is 0 Å². The van der Waals surface area contributed by atoms with Gasteiger partial charge in [-0.1, -0.05) is 12.1 Å². The molecule has 1 heterocycles. The molecule has 3 aromatic rings. The monoisotopic (exact) mass is 451 g/mol. The van der Waals surface area contributed by atoms with E-state index in [1.165, 1.54) is 56.9 Å². The number of methoxy groups -OCH3 is 2. The minimum absolute atomic E-state index is 0.0876. The largest absolute Gasteiger partial charge is 0.493 e. The molecule has 0 bridgehead atoms. The summed E-state index contributed by atoms with van der Waals surface area (Å²) in [6.07, 6.45) is 2.82. The first kappa shape index (κ1) is 23.1. The van der Waals surface area contributed by atoms with Gasteiger partial charge in [-0.25, -0.2) is 0 Å². The lowest BCUT2D eigenvalue weighted by Crippen LogP contribution is -2.34. The molecule has 0 aliphatic rings. The van der Waals surface area contributed by atoms with Gasteiger partial charge in [-0.15, -0.1) is 0 Å². The number of nitrogens with zero attached hydrogens (tertiary/aromatic N) is 1. The molecule has 0 aliphatic carbocycles.